The Morgan fingerprint density at radius 2 is 1.74 bits per heavy atom. The first-order chi connectivity index (χ1) is 13.2. The van der Waals surface area contributed by atoms with Gasteiger partial charge in [0, 0.05) is 28.7 Å². The molecule has 1 aliphatic rings. The molecule has 0 aliphatic heterocycles. The van der Waals surface area contributed by atoms with Gasteiger partial charge in [0.15, 0.2) is 0 Å². The Morgan fingerprint density at radius 3 is 2.59 bits per heavy atom. The van der Waals surface area contributed by atoms with Crippen molar-refractivity contribution in [2.75, 3.05) is 10.6 Å². The fourth-order valence-electron chi connectivity index (χ4n) is 3.72. The molecule has 0 unspecified atom stereocenters. The van der Waals surface area contributed by atoms with Crippen molar-refractivity contribution in [1.82, 2.24) is 4.98 Å². The quantitative estimate of drug-likeness (QED) is 0.616. The Labute approximate surface area is 158 Å². The van der Waals surface area contributed by atoms with Gasteiger partial charge in [-0.2, -0.15) is 0 Å². The van der Waals surface area contributed by atoms with E-state index in [0.717, 1.165) is 42.3 Å². The van der Waals surface area contributed by atoms with Crippen LogP contribution in [0.4, 0.5) is 11.4 Å². The van der Waals surface area contributed by atoms with Gasteiger partial charge < -0.3 is 15.6 Å². The Kier molecular flexibility index (Phi) is 4.92. The number of amides is 2. The van der Waals surface area contributed by atoms with Crippen LogP contribution in [0, 0.1) is 5.92 Å². The van der Waals surface area contributed by atoms with Gasteiger partial charge in [0.1, 0.15) is 0 Å². The maximum absolute atomic E-state index is 12.8. The van der Waals surface area contributed by atoms with Gasteiger partial charge in [-0.25, -0.2) is 0 Å². The summed E-state index contributed by atoms with van der Waals surface area (Å²) >= 11 is 0. The Morgan fingerprint density at radius 1 is 0.926 bits per heavy atom. The molecule has 0 bridgehead atoms. The molecule has 2 amide bonds. The minimum Gasteiger partial charge on any atom is -0.361 e. The van der Waals surface area contributed by atoms with E-state index in [1.165, 1.54) is 6.42 Å². The van der Waals surface area contributed by atoms with Crippen LogP contribution in [0.25, 0.3) is 10.9 Å². The maximum Gasteiger partial charge on any atom is 0.257 e. The monoisotopic (exact) mass is 361 g/mol. The normalized spacial score (nSPS) is 14.8. The molecule has 0 atom stereocenters. The van der Waals surface area contributed by atoms with E-state index in [1.54, 1.807) is 18.2 Å². The average molecular weight is 361 g/mol. The Hall–Kier alpha value is -3.08. The van der Waals surface area contributed by atoms with Crippen LogP contribution < -0.4 is 10.6 Å². The highest BCUT2D eigenvalue weighted by atomic mass is 16.2. The summed E-state index contributed by atoms with van der Waals surface area (Å²) in [6.07, 6.45) is 7.12. The lowest BCUT2D eigenvalue weighted by atomic mass is 9.88. The summed E-state index contributed by atoms with van der Waals surface area (Å²) in [6, 6.07) is 14.8. The standard InChI is InChI=1S/C22H23N3O2/c26-21(15-6-2-1-3-7-15)25-20-9-5-4-8-18(20)22(27)24-17-10-11-19-16(14-17)12-13-23-19/h4-5,8-15,23H,1-3,6-7H2,(H,24,27)(H,25,26). The van der Waals surface area contributed by atoms with Crippen molar-refractivity contribution < 1.29 is 9.59 Å². The molecule has 0 saturated heterocycles. The molecule has 138 valence electrons. The maximum atomic E-state index is 12.8. The lowest BCUT2D eigenvalue weighted by Crippen LogP contribution is -2.26. The van der Waals surface area contributed by atoms with Gasteiger partial charge in [0.25, 0.3) is 5.91 Å². The molecular weight excluding hydrogens is 338 g/mol. The van der Waals surface area contributed by atoms with Crippen molar-refractivity contribution in [1.29, 1.82) is 0 Å². The number of anilines is 2. The van der Waals surface area contributed by atoms with E-state index in [0.29, 0.717) is 11.3 Å². The molecule has 0 spiro atoms. The molecule has 3 aromatic rings. The molecule has 27 heavy (non-hydrogen) atoms. The zero-order chi connectivity index (χ0) is 18.6. The minimum absolute atomic E-state index is 0.0173. The van der Waals surface area contributed by atoms with Crippen LogP contribution in [0.2, 0.25) is 0 Å². The number of benzene rings is 2. The second-order valence-corrected chi connectivity index (χ2v) is 7.10. The number of para-hydroxylation sites is 1. The highest BCUT2D eigenvalue weighted by Gasteiger charge is 2.22. The van der Waals surface area contributed by atoms with Gasteiger partial charge in [-0.1, -0.05) is 31.4 Å². The van der Waals surface area contributed by atoms with E-state index < -0.39 is 0 Å². The number of hydrogen-bond donors (Lipinski definition) is 3. The zero-order valence-electron chi connectivity index (χ0n) is 15.1. The van der Waals surface area contributed by atoms with E-state index in [4.69, 9.17) is 0 Å². The lowest BCUT2D eigenvalue weighted by molar-refractivity contribution is -0.120. The zero-order valence-corrected chi connectivity index (χ0v) is 15.1. The Bertz CT molecular complexity index is 970. The van der Waals surface area contributed by atoms with Crippen LogP contribution in [0.5, 0.6) is 0 Å². The molecule has 1 saturated carbocycles. The third kappa shape index (κ3) is 3.87. The molecule has 3 N–H and O–H groups in total. The van der Waals surface area contributed by atoms with Gasteiger partial charge in [0.2, 0.25) is 5.91 Å². The summed E-state index contributed by atoms with van der Waals surface area (Å²) < 4.78 is 0. The van der Waals surface area contributed by atoms with Crippen LogP contribution in [-0.4, -0.2) is 16.8 Å². The van der Waals surface area contributed by atoms with Crippen molar-refractivity contribution >= 4 is 34.1 Å². The Balaban J connectivity index is 1.50. The number of aromatic amines is 1. The summed E-state index contributed by atoms with van der Waals surface area (Å²) in [5.74, 6) is -0.168. The van der Waals surface area contributed by atoms with Gasteiger partial charge in [0.05, 0.1) is 11.3 Å². The van der Waals surface area contributed by atoms with Crippen molar-refractivity contribution in [3.05, 3.63) is 60.3 Å². The fraction of sp³-hybridized carbons (Fsp3) is 0.273. The summed E-state index contributed by atoms with van der Waals surface area (Å²) in [5, 5.41) is 6.93. The van der Waals surface area contributed by atoms with E-state index >= 15 is 0 Å². The predicted octanol–water partition coefficient (Wildman–Crippen LogP) is 4.94. The molecule has 1 fully saturated rings. The first-order valence-corrected chi connectivity index (χ1v) is 9.49. The number of aromatic nitrogens is 1. The molecule has 1 heterocycles. The number of hydrogen-bond acceptors (Lipinski definition) is 2. The largest absolute Gasteiger partial charge is 0.361 e. The predicted molar refractivity (Wildman–Crippen MR) is 108 cm³/mol. The molecule has 0 radical (unpaired) electrons. The smallest absolute Gasteiger partial charge is 0.257 e. The number of H-pyrrole nitrogens is 1. The molecule has 1 aliphatic carbocycles. The van der Waals surface area contributed by atoms with E-state index in [-0.39, 0.29) is 17.7 Å². The second kappa shape index (κ2) is 7.66. The van der Waals surface area contributed by atoms with Crippen molar-refractivity contribution in [2.45, 2.75) is 32.1 Å². The van der Waals surface area contributed by atoms with Crippen molar-refractivity contribution in [2.24, 2.45) is 5.92 Å². The third-order valence-corrected chi connectivity index (χ3v) is 5.22. The van der Waals surface area contributed by atoms with Crippen LogP contribution in [0.1, 0.15) is 42.5 Å². The second-order valence-electron chi connectivity index (χ2n) is 7.10. The molecule has 2 aromatic carbocycles. The summed E-state index contributed by atoms with van der Waals surface area (Å²) in [6.45, 7) is 0. The average Bonchev–Trinajstić information content (AvgIpc) is 3.17. The molecule has 5 nitrogen and oxygen atoms in total. The van der Waals surface area contributed by atoms with Gasteiger partial charge in [-0.15, -0.1) is 0 Å². The SMILES string of the molecule is O=C(Nc1ccc2[nH]ccc2c1)c1ccccc1NC(=O)C1CCCCC1. The minimum atomic E-state index is -0.232. The first kappa shape index (κ1) is 17.3. The van der Waals surface area contributed by atoms with E-state index in [2.05, 4.69) is 15.6 Å². The number of fused-ring (bicyclic) bond motifs is 1. The topological polar surface area (TPSA) is 74.0 Å². The van der Waals surface area contributed by atoms with Crippen LogP contribution in [0.15, 0.2) is 54.7 Å². The molecular formula is C22H23N3O2. The van der Waals surface area contributed by atoms with Gasteiger partial charge in [-0.05, 0) is 49.2 Å². The fourth-order valence-corrected chi connectivity index (χ4v) is 3.72. The summed E-state index contributed by atoms with van der Waals surface area (Å²) in [5.41, 5.74) is 2.78. The van der Waals surface area contributed by atoms with Crippen molar-refractivity contribution in [3.8, 4) is 0 Å². The van der Waals surface area contributed by atoms with E-state index in [9.17, 15) is 9.59 Å². The highest BCUT2D eigenvalue weighted by molar-refractivity contribution is 6.10. The first-order valence-electron chi connectivity index (χ1n) is 9.49. The van der Waals surface area contributed by atoms with Gasteiger partial charge >= 0.3 is 0 Å². The summed E-state index contributed by atoms with van der Waals surface area (Å²) in [4.78, 5) is 28.5. The number of carbonyl (C=O) groups excluding carboxylic acids is 2. The van der Waals surface area contributed by atoms with Crippen LogP contribution in [0.3, 0.4) is 0 Å². The number of carbonyl (C=O) groups is 2. The lowest BCUT2D eigenvalue weighted by Gasteiger charge is -2.21. The highest BCUT2D eigenvalue weighted by Crippen LogP contribution is 2.26. The number of nitrogens with one attached hydrogen (secondary N) is 3. The summed E-state index contributed by atoms with van der Waals surface area (Å²) in [7, 11) is 0. The van der Waals surface area contributed by atoms with E-state index in [1.807, 2.05) is 36.5 Å². The molecule has 5 heteroatoms. The van der Waals surface area contributed by atoms with Crippen molar-refractivity contribution in [3.63, 3.8) is 0 Å². The van der Waals surface area contributed by atoms with Crippen LogP contribution >= 0.6 is 0 Å². The molecule has 4 rings (SSSR count). The number of rotatable bonds is 4. The molecule has 1 aromatic heterocycles. The van der Waals surface area contributed by atoms with Crippen LogP contribution in [-0.2, 0) is 4.79 Å². The van der Waals surface area contributed by atoms with Gasteiger partial charge in [-0.3, -0.25) is 9.59 Å². The third-order valence-electron chi connectivity index (χ3n) is 5.22.